The summed E-state index contributed by atoms with van der Waals surface area (Å²) in [6.07, 6.45) is 3.73. The first-order valence-electron chi connectivity index (χ1n) is 10.5. The quantitative estimate of drug-likeness (QED) is 0.847. The molecule has 3 heterocycles. The molecule has 1 N–H and O–H groups in total. The van der Waals surface area contributed by atoms with Gasteiger partial charge in [-0.15, -0.1) is 0 Å². The number of amides is 1. The predicted molar refractivity (Wildman–Crippen MR) is 114 cm³/mol. The zero-order valence-corrected chi connectivity index (χ0v) is 17.2. The van der Waals surface area contributed by atoms with E-state index in [2.05, 4.69) is 45.5 Å². The smallest absolute Gasteiger partial charge is 0.409 e. The van der Waals surface area contributed by atoms with Gasteiger partial charge in [0.25, 0.3) is 0 Å². The number of piperidine rings is 1. The van der Waals surface area contributed by atoms with E-state index in [1.807, 2.05) is 13.8 Å². The molecule has 1 aromatic heterocycles. The Morgan fingerprint density at radius 1 is 1.21 bits per heavy atom. The van der Waals surface area contributed by atoms with Crippen LogP contribution >= 0.6 is 0 Å². The molecule has 0 aliphatic carbocycles. The van der Waals surface area contributed by atoms with E-state index in [-0.39, 0.29) is 12.1 Å². The predicted octanol–water partition coefficient (Wildman–Crippen LogP) is 3.90. The molecule has 1 amide bonds. The van der Waals surface area contributed by atoms with Gasteiger partial charge in [-0.1, -0.05) is 18.2 Å². The SMILES string of the molecule is CCOC(=O)N1CCC(Nc2nc(C)cc(N3CCCc4ccccc43)n2)CC1. The zero-order chi connectivity index (χ0) is 20.2. The summed E-state index contributed by atoms with van der Waals surface area (Å²) in [6.45, 7) is 6.60. The minimum absolute atomic E-state index is 0.219. The average Bonchev–Trinajstić information content (AvgIpc) is 2.73. The molecule has 1 fully saturated rings. The number of para-hydroxylation sites is 1. The molecule has 29 heavy (non-hydrogen) atoms. The number of fused-ring (bicyclic) bond motifs is 1. The monoisotopic (exact) mass is 395 g/mol. The van der Waals surface area contributed by atoms with Crippen LogP contribution < -0.4 is 10.2 Å². The third-order valence-corrected chi connectivity index (χ3v) is 5.58. The number of rotatable bonds is 4. The highest BCUT2D eigenvalue weighted by atomic mass is 16.6. The maximum Gasteiger partial charge on any atom is 0.409 e. The van der Waals surface area contributed by atoms with Crippen LogP contribution in [-0.2, 0) is 11.2 Å². The van der Waals surface area contributed by atoms with Crippen molar-refractivity contribution in [3.05, 3.63) is 41.6 Å². The second-order valence-electron chi connectivity index (χ2n) is 7.68. The Morgan fingerprint density at radius 2 is 2.00 bits per heavy atom. The van der Waals surface area contributed by atoms with E-state index >= 15 is 0 Å². The molecule has 1 aromatic carbocycles. The van der Waals surface area contributed by atoms with Crippen LogP contribution in [0.3, 0.4) is 0 Å². The summed E-state index contributed by atoms with van der Waals surface area (Å²) in [5, 5.41) is 3.49. The molecule has 0 unspecified atom stereocenters. The fourth-order valence-corrected chi connectivity index (χ4v) is 4.13. The van der Waals surface area contributed by atoms with Crippen molar-refractivity contribution in [1.82, 2.24) is 14.9 Å². The molecule has 0 saturated carbocycles. The number of ether oxygens (including phenoxy) is 1. The number of carbonyl (C=O) groups excluding carboxylic acids is 1. The molecule has 4 rings (SSSR count). The summed E-state index contributed by atoms with van der Waals surface area (Å²) in [6, 6.07) is 10.9. The first-order valence-corrected chi connectivity index (χ1v) is 10.5. The molecule has 2 aromatic rings. The van der Waals surface area contributed by atoms with E-state index in [9.17, 15) is 4.79 Å². The number of carbonyl (C=O) groups is 1. The van der Waals surface area contributed by atoms with E-state index in [1.165, 1.54) is 11.3 Å². The third kappa shape index (κ3) is 4.44. The second kappa shape index (κ2) is 8.68. The number of likely N-dealkylation sites (tertiary alicyclic amines) is 1. The Hall–Kier alpha value is -2.83. The van der Waals surface area contributed by atoms with Crippen LogP contribution in [0, 0.1) is 6.92 Å². The lowest BCUT2D eigenvalue weighted by Gasteiger charge is -2.32. The molecular formula is C22H29N5O2. The highest BCUT2D eigenvalue weighted by Gasteiger charge is 2.25. The summed E-state index contributed by atoms with van der Waals surface area (Å²) in [7, 11) is 0. The fourth-order valence-electron chi connectivity index (χ4n) is 4.13. The maximum absolute atomic E-state index is 11.9. The van der Waals surface area contributed by atoms with Gasteiger partial charge < -0.3 is 19.9 Å². The highest BCUT2D eigenvalue weighted by molar-refractivity contribution is 5.68. The molecule has 7 heteroatoms. The number of hydrogen-bond acceptors (Lipinski definition) is 6. The van der Waals surface area contributed by atoms with Gasteiger partial charge >= 0.3 is 6.09 Å². The van der Waals surface area contributed by atoms with Crippen molar-refractivity contribution < 1.29 is 9.53 Å². The Kier molecular flexibility index (Phi) is 5.83. The molecule has 0 radical (unpaired) electrons. The molecule has 1 saturated heterocycles. The van der Waals surface area contributed by atoms with Crippen molar-refractivity contribution in [3.63, 3.8) is 0 Å². The first kappa shape index (κ1) is 19.5. The lowest BCUT2D eigenvalue weighted by molar-refractivity contribution is 0.0983. The van der Waals surface area contributed by atoms with Gasteiger partial charge in [-0.25, -0.2) is 9.78 Å². The van der Waals surface area contributed by atoms with Crippen molar-refractivity contribution >= 4 is 23.5 Å². The third-order valence-electron chi connectivity index (χ3n) is 5.58. The normalized spacial score (nSPS) is 17.0. The Morgan fingerprint density at radius 3 is 2.79 bits per heavy atom. The lowest BCUT2D eigenvalue weighted by Crippen LogP contribution is -2.42. The zero-order valence-electron chi connectivity index (χ0n) is 17.2. The summed E-state index contributed by atoms with van der Waals surface area (Å²) in [4.78, 5) is 25.4. The van der Waals surface area contributed by atoms with Gasteiger partial charge in [-0.2, -0.15) is 4.98 Å². The van der Waals surface area contributed by atoms with E-state index in [1.54, 1.807) is 4.90 Å². The molecule has 0 spiro atoms. The Balaban J connectivity index is 1.46. The van der Waals surface area contributed by atoms with Crippen molar-refractivity contribution in [1.29, 1.82) is 0 Å². The van der Waals surface area contributed by atoms with E-state index in [0.717, 1.165) is 43.7 Å². The minimum atomic E-state index is -0.219. The van der Waals surface area contributed by atoms with Gasteiger partial charge in [0.15, 0.2) is 0 Å². The minimum Gasteiger partial charge on any atom is -0.450 e. The number of aromatic nitrogens is 2. The first-order chi connectivity index (χ1) is 14.1. The van der Waals surface area contributed by atoms with Gasteiger partial charge in [-0.05, 0) is 51.2 Å². The number of benzene rings is 1. The Labute approximate surface area is 172 Å². The van der Waals surface area contributed by atoms with Crippen molar-refractivity contribution in [2.75, 3.05) is 36.5 Å². The van der Waals surface area contributed by atoms with Gasteiger partial charge in [-0.3, -0.25) is 0 Å². The highest BCUT2D eigenvalue weighted by Crippen LogP contribution is 2.33. The number of nitrogens with one attached hydrogen (secondary N) is 1. The van der Waals surface area contributed by atoms with Crippen molar-refractivity contribution in [2.45, 2.75) is 45.6 Å². The summed E-state index contributed by atoms with van der Waals surface area (Å²) in [5.74, 6) is 1.61. The molecule has 154 valence electrons. The van der Waals surface area contributed by atoms with Crippen LogP contribution in [0.1, 0.15) is 37.4 Å². The van der Waals surface area contributed by atoms with Crippen molar-refractivity contribution in [3.8, 4) is 0 Å². The second-order valence-corrected chi connectivity index (χ2v) is 7.68. The number of nitrogens with zero attached hydrogens (tertiary/aromatic N) is 4. The van der Waals surface area contributed by atoms with Gasteiger partial charge in [0.05, 0.1) is 6.61 Å². The van der Waals surface area contributed by atoms with Crippen LogP contribution in [0.15, 0.2) is 30.3 Å². The van der Waals surface area contributed by atoms with Gasteiger partial charge in [0.2, 0.25) is 5.95 Å². The molecule has 2 aliphatic heterocycles. The molecule has 0 bridgehead atoms. The van der Waals surface area contributed by atoms with E-state index in [4.69, 9.17) is 9.72 Å². The molecular weight excluding hydrogens is 366 g/mol. The summed E-state index contributed by atoms with van der Waals surface area (Å²) < 4.78 is 5.10. The summed E-state index contributed by atoms with van der Waals surface area (Å²) >= 11 is 0. The summed E-state index contributed by atoms with van der Waals surface area (Å²) in [5.41, 5.74) is 3.56. The number of aryl methyl sites for hydroxylation is 2. The van der Waals surface area contributed by atoms with Gasteiger partial charge in [0.1, 0.15) is 5.82 Å². The Bertz CT molecular complexity index is 864. The van der Waals surface area contributed by atoms with Crippen molar-refractivity contribution in [2.24, 2.45) is 0 Å². The average molecular weight is 396 g/mol. The van der Waals surface area contributed by atoms with E-state index < -0.39 is 0 Å². The standard InChI is InChI=1S/C22H29N5O2/c1-3-29-22(28)26-13-10-18(11-14-26)24-21-23-16(2)15-20(25-21)27-12-6-8-17-7-4-5-9-19(17)27/h4-5,7,9,15,18H,3,6,8,10-14H2,1-2H3,(H,23,24,25). The fraction of sp³-hybridized carbons (Fsp3) is 0.500. The lowest BCUT2D eigenvalue weighted by atomic mass is 10.0. The molecule has 7 nitrogen and oxygen atoms in total. The van der Waals surface area contributed by atoms with Crippen LogP contribution in [0.4, 0.5) is 22.2 Å². The molecule has 0 atom stereocenters. The number of anilines is 3. The number of hydrogen-bond donors (Lipinski definition) is 1. The van der Waals surface area contributed by atoms with Crippen LogP contribution in [0.25, 0.3) is 0 Å². The van der Waals surface area contributed by atoms with Gasteiger partial charge in [0, 0.05) is 43.1 Å². The largest absolute Gasteiger partial charge is 0.450 e. The van der Waals surface area contributed by atoms with Crippen LogP contribution in [-0.4, -0.2) is 53.2 Å². The van der Waals surface area contributed by atoms with E-state index in [0.29, 0.717) is 25.6 Å². The topological polar surface area (TPSA) is 70.6 Å². The molecule has 2 aliphatic rings. The van der Waals surface area contributed by atoms with Crippen LogP contribution in [0.2, 0.25) is 0 Å². The maximum atomic E-state index is 11.9. The van der Waals surface area contributed by atoms with Crippen LogP contribution in [0.5, 0.6) is 0 Å².